The number of aryl methyl sites for hydroxylation is 2. The molecule has 1 aromatic carbocycles. The highest BCUT2D eigenvalue weighted by atomic mass is 16.4. The van der Waals surface area contributed by atoms with Crippen LogP contribution >= 0.6 is 0 Å². The molecule has 0 saturated heterocycles. The minimum Gasteiger partial charge on any atom is -0.423 e. The number of oxazole rings is 1. The van der Waals surface area contributed by atoms with Gasteiger partial charge in [-0.05, 0) is 19.1 Å². The van der Waals surface area contributed by atoms with Crippen LogP contribution in [0.25, 0.3) is 11.1 Å². The van der Waals surface area contributed by atoms with Crippen molar-refractivity contribution >= 4 is 22.9 Å². The molecule has 0 saturated carbocycles. The minimum atomic E-state index is 0.462. The van der Waals surface area contributed by atoms with Gasteiger partial charge in [-0.1, -0.05) is 12.1 Å². The molecule has 5 heteroatoms. The molecular weight excluding hydrogens is 216 g/mol. The highest BCUT2D eigenvalue weighted by Crippen LogP contribution is 2.21. The van der Waals surface area contributed by atoms with Crippen molar-refractivity contribution in [3.63, 3.8) is 0 Å². The van der Waals surface area contributed by atoms with E-state index in [2.05, 4.69) is 15.4 Å². The second-order valence-electron chi connectivity index (χ2n) is 3.91. The lowest BCUT2D eigenvalue weighted by Crippen LogP contribution is -1.94. The molecule has 2 heterocycles. The van der Waals surface area contributed by atoms with Crippen LogP contribution in [0.4, 0.5) is 11.8 Å². The maximum absolute atomic E-state index is 5.55. The maximum atomic E-state index is 5.55. The zero-order valence-electron chi connectivity index (χ0n) is 9.64. The van der Waals surface area contributed by atoms with Crippen LogP contribution in [0.5, 0.6) is 0 Å². The lowest BCUT2D eigenvalue weighted by Gasteiger charge is -1.94. The van der Waals surface area contributed by atoms with Crippen molar-refractivity contribution in [3.05, 3.63) is 36.0 Å². The van der Waals surface area contributed by atoms with Crippen molar-refractivity contribution in [1.29, 1.82) is 0 Å². The summed E-state index contributed by atoms with van der Waals surface area (Å²) >= 11 is 0. The third kappa shape index (κ3) is 1.75. The number of hydrogen-bond donors (Lipinski definition) is 1. The molecule has 0 bridgehead atoms. The standard InChI is InChI=1S/C12H12N4O/c1-8-7-11(15-16(8)2)14-12-13-9-5-3-4-6-10(9)17-12/h3-7H,1-2H3,(H,13,14,15). The maximum Gasteiger partial charge on any atom is 0.301 e. The summed E-state index contributed by atoms with van der Waals surface area (Å²) in [5.74, 6) is 0.733. The number of anilines is 2. The first-order valence-corrected chi connectivity index (χ1v) is 5.35. The fourth-order valence-corrected chi connectivity index (χ4v) is 1.66. The van der Waals surface area contributed by atoms with Gasteiger partial charge in [0.05, 0.1) is 0 Å². The van der Waals surface area contributed by atoms with Gasteiger partial charge in [0.25, 0.3) is 0 Å². The van der Waals surface area contributed by atoms with Crippen LogP contribution in [0.3, 0.4) is 0 Å². The quantitative estimate of drug-likeness (QED) is 0.732. The largest absolute Gasteiger partial charge is 0.423 e. The second kappa shape index (κ2) is 3.62. The number of rotatable bonds is 2. The van der Waals surface area contributed by atoms with Crippen molar-refractivity contribution in [1.82, 2.24) is 14.8 Å². The van der Waals surface area contributed by atoms with Crippen molar-refractivity contribution in [2.24, 2.45) is 7.05 Å². The number of hydrogen-bond acceptors (Lipinski definition) is 4. The third-order valence-corrected chi connectivity index (χ3v) is 2.64. The first-order chi connectivity index (χ1) is 8.22. The Bertz CT molecular complexity index is 616. The van der Waals surface area contributed by atoms with E-state index in [-0.39, 0.29) is 0 Å². The number of nitrogens with zero attached hydrogens (tertiary/aromatic N) is 3. The van der Waals surface area contributed by atoms with E-state index in [0.29, 0.717) is 6.01 Å². The monoisotopic (exact) mass is 228 g/mol. The Kier molecular flexibility index (Phi) is 2.11. The van der Waals surface area contributed by atoms with Crippen molar-refractivity contribution < 1.29 is 4.42 Å². The summed E-state index contributed by atoms with van der Waals surface area (Å²) in [5.41, 5.74) is 2.67. The van der Waals surface area contributed by atoms with Gasteiger partial charge in [0, 0.05) is 18.8 Å². The lowest BCUT2D eigenvalue weighted by molar-refractivity contribution is 0.621. The molecule has 17 heavy (non-hydrogen) atoms. The van der Waals surface area contributed by atoms with Gasteiger partial charge in [-0.3, -0.25) is 10.00 Å². The number of fused-ring (bicyclic) bond motifs is 1. The van der Waals surface area contributed by atoms with Crippen molar-refractivity contribution in [2.45, 2.75) is 6.92 Å². The molecule has 2 aromatic heterocycles. The highest BCUT2D eigenvalue weighted by Gasteiger charge is 2.07. The minimum absolute atomic E-state index is 0.462. The van der Waals surface area contributed by atoms with E-state index >= 15 is 0 Å². The van der Waals surface area contributed by atoms with Crippen LogP contribution in [0.15, 0.2) is 34.7 Å². The molecule has 1 N–H and O–H groups in total. The smallest absolute Gasteiger partial charge is 0.301 e. The molecule has 0 aliphatic rings. The Labute approximate surface area is 98.1 Å². The van der Waals surface area contributed by atoms with Gasteiger partial charge in [-0.15, -0.1) is 0 Å². The van der Waals surface area contributed by atoms with E-state index < -0.39 is 0 Å². The summed E-state index contributed by atoms with van der Waals surface area (Å²) in [4.78, 5) is 4.32. The Morgan fingerprint density at radius 3 is 2.82 bits per heavy atom. The Hall–Kier alpha value is -2.30. The SMILES string of the molecule is Cc1cc(Nc2nc3ccccc3o2)nn1C. The average Bonchev–Trinajstić information content (AvgIpc) is 2.83. The molecule has 0 amide bonds. The van der Waals surface area contributed by atoms with Gasteiger partial charge in [-0.2, -0.15) is 10.1 Å². The molecule has 0 aliphatic heterocycles. The van der Waals surface area contributed by atoms with Gasteiger partial charge in [0.2, 0.25) is 0 Å². The van der Waals surface area contributed by atoms with Crippen LogP contribution in [-0.4, -0.2) is 14.8 Å². The van der Waals surface area contributed by atoms with E-state index in [1.54, 1.807) is 4.68 Å². The molecule has 0 spiro atoms. The van der Waals surface area contributed by atoms with E-state index in [4.69, 9.17) is 4.42 Å². The van der Waals surface area contributed by atoms with Gasteiger partial charge in [0.15, 0.2) is 11.4 Å². The van der Waals surface area contributed by atoms with Crippen molar-refractivity contribution in [2.75, 3.05) is 5.32 Å². The molecule has 0 radical (unpaired) electrons. The van der Waals surface area contributed by atoms with Crippen LogP contribution in [0.2, 0.25) is 0 Å². The number of nitrogens with one attached hydrogen (secondary N) is 1. The number of aromatic nitrogens is 3. The first-order valence-electron chi connectivity index (χ1n) is 5.35. The number of benzene rings is 1. The van der Waals surface area contributed by atoms with Crippen LogP contribution in [0, 0.1) is 6.92 Å². The van der Waals surface area contributed by atoms with Crippen molar-refractivity contribution in [3.8, 4) is 0 Å². The second-order valence-corrected chi connectivity index (χ2v) is 3.91. The summed E-state index contributed by atoms with van der Waals surface area (Å²) in [6, 6.07) is 10.0. The fraction of sp³-hybridized carbons (Fsp3) is 0.167. The zero-order valence-corrected chi connectivity index (χ0v) is 9.64. The van der Waals surface area contributed by atoms with Crippen LogP contribution in [0.1, 0.15) is 5.69 Å². The summed E-state index contributed by atoms with van der Waals surface area (Å²) in [6.07, 6.45) is 0. The molecule has 0 fully saturated rings. The summed E-state index contributed by atoms with van der Waals surface area (Å²) < 4.78 is 7.35. The van der Waals surface area contributed by atoms with E-state index in [9.17, 15) is 0 Å². The Morgan fingerprint density at radius 2 is 2.12 bits per heavy atom. The molecule has 86 valence electrons. The third-order valence-electron chi connectivity index (χ3n) is 2.64. The normalized spacial score (nSPS) is 10.9. The Morgan fingerprint density at radius 1 is 1.29 bits per heavy atom. The fourth-order valence-electron chi connectivity index (χ4n) is 1.66. The Balaban J connectivity index is 1.94. The first kappa shape index (κ1) is 9.89. The molecule has 3 aromatic rings. The average molecular weight is 228 g/mol. The summed E-state index contributed by atoms with van der Waals surface area (Å²) in [6.45, 7) is 1.99. The topological polar surface area (TPSA) is 55.9 Å². The molecule has 0 aliphatic carbocycles. The predicted octanol–water partition coefficient (Wildman–Crippen LogP) is 2.61. The van der Waals surface area contributed by atoms with Crippen LogP contribution in [-0.2, 0) is 7.05 Å². The highest BCUT2D eigenvalue weighted by molar-refractivity contribution is 5.74. The van der Waals surface area contributed by atoms with Crippen LogP contribution < -0.4 is 5.32 Å². The van der Waals surface area contributed by atoms with E-state index in [1.807, 2.05) is 44.3 Å². The lowest BCUT2D eigenvalue weighted by atomic mass is 10.3. The molecular formula is C12H12N4O. The van der Waals surface area contributed by atoms with E-state index in [0.717, 1.165) is 22.6 Å². The predicted molar refractivity (Wildman–Crippen MR) is 65.2 cm³/mol. The zero-order chi connectivity index (χ0) is 11.8. The van der Waals surface area contributed by atoms with E-state index in [1.165, 1.54) is 0 Å². The number of para-hydroxylation sites is 2. The van der Waals surface area contributed by atoms with Gasteiger partial charge >= 0.3 is 6.01 Å². The molecule has 3 rings (SSSR count). The summed E-state index contributed by atoms with van der Waals surface area (Å²) in [7, 11) is 1.90. The van der Waals surface area contributed by atoms with Gasteiger partial charge in [-0.25, -0.2) is 0 Å². The molecule has 5 nitrogen and oxygen atoms in total. The van der Waals surface area contributed by atoms with Gasteiger partial charge in [0.1, 0.15) is 5.52 Å². The molecule has 0 unspecified atom stereocenters. The van der Waals surface area contributed by atoms with Gasteiger partial charge < -0.3 is 4.42 Å². The molecule has 0 atom stereocenters. The summed E-state index contributed by atoms with van der Waals surface area (Å²) in [5, 5.41) is 7.33.